The molecule has 1 saturated heterocycles. The Hall–Kier alpha value is -1.75. The van der Waals surface area contributed by atoms with Gasteiger partial charge in [-0.1, -0.05) is 0 Å². The molecule has 5 N–H and O–H groups in total. The zero-order chi connectivity index (χ0) is 13.3. The van der Waals surface area contributed by atoms with Crippen molar-refractivity contribution in [1.29, 1.82) is 0 Å². The Kier molecular flexibility index (Phi) is 3.17. The number of hydrogen-bond acceptors (Lipinski definition) is 4. The summed E-state index contributed by atoms with van der Waals surface area (Å²) in [5.41, 5.74) is 12.1. The summed E-state index contributed by atoms with van der Waals surface area (Å²) in [7, 11) is 0. The van der Waals surface area contributed by atoms with Gasteiger partial charge >= 0.3 is 0 Å². The topological polar surface area (TPSA) is 92.6 Å². The average Bonchev–Trinajstić information content (AvgIpc) is 2.30. The highest BCUT2D eigenvalue weighted by atomic mass is 16.3. The molecule has 0 unspecified atom stereocenters. The summed E-state index contributed by atoms with van der Waals surface area (Å²) in [6.45, 7) is 3.37. The standard InChI is InChI=1S/C13H19N3O2/c1-13(18)4-6-16(7-5-13)9-2-3-11(14)10(8-9)12(15)17/h2-3,8,18H,4-7,14H2,1H3,(H2,15,17). The van der Waals surface area contributed by atoms with Crippen LogP contribution in [0.15, 0.2) is 18.2 Å². The Labute approximate surface area is 106 Å². The van der Waals surface area contributed by atoms with Gasteiger partial charge in [0.15, 0.2) is 0 Å². The number of nitrogen functional groups attached to an aromatic ring is 1. The van der Waals surface area contributed by atoms with Crippen LogP contribution >= 0.6 is 0 Å². The first-order valence-electron chi connectivity index (χ1n) is 6.06. The van der Waals surface area contributed by atoms with Crippen molar-refractivity contribution in [1.82, 2.24) is 0 Å². The molecule has 1 aromatic rings. The number of amides is 1. The number of primary amides is 1. The Morgan fingerprint density at radius 3 is 2.56 bits per heavy atom. The Morgan fingerprint density at radius 1 is 1.39 bits per heavy atom. The van der Waals surface area contributed by atoms with Crippen molar-refractivity contribution < 1.29 is 9.90 Å². The van der Waals surface area contributed by atoms with Crippen LogP contribution < -0.4 is 16.4 Å². The summed E-state index contributed by atoms with van der Waals surface area (Å²) in [4.78, 5) is 13.4. The molecule has 98 valence electrons. The first kappa shape index (κ1) is 12.7. The van der Waals surface area contributed by atoms with Crippen molar-refractivity contribution in [3.8, 4) is 0 Å². The summed E-state index contributed by atoms with van der Waals surface area (Å²) in [6.07, 6.45) is 1.42. The van der Waals surface area contributed by atoms with Crippen LogP contribution in [0.1, 0.15) is 30.1 Å². The predicted octanol–water partition coefficient (Wildman–Crippen LogP) is 0.719. The fourth-order valence-electron chi connectivity index (χ4n) is 2.20. The van der Waals surface area contributed by atoms with Gasteiger partial charge in [-0.3, -0.25) is 4.79 Å². The van der Waals surface area contributed by atoms with Crippen LogP contribution in [0.4, 0.5) is 11.4 Å². The van der Waals surface area contributed by atoms with E-state index < -0.39 is 11.5 Å². The van der Waals surface area contributed by atoms with Crippen LogP contribution in [-0.2, 0) is 0 Å². The minimum absolute atomic E-state index is 0.352. The fraction of sp³-hybridized carbons (Fsp3) is 0.462. The number of carbonyl (C=O) groups excluding carboxylic acids is 1. The van der Waals surface area contributed by atoms with Crippen molar-refractivity contribution >= 4 is 17.3 Å². The van der Waals surface area contributed by atoms with Crippen LogP contribution in [0, 0.1) is 0 Å². The monoisotopic (exact) mass is 249 g/mol. The molecule has 0 radical (unpaired) electrons. The summed E-state index contributed by atoms with van der Waals surface area (Å²) in [5.74, 6) is -0.515. The molecule has 0 bridgehead atoms. The number of piperidine rings is 1. The molecule has 1 fully saturated rings. The second-order valence-corrected chi connectivity index (χ2v) is 5.12. The third-order valence-electron chi connectivity index (χ3n) is 3.51. The fourth-order valence-corrected chi connectivity index (χ4v) is 2.20. The lowest BCUT2D eigenvalue weighted by Gasteiger charge is -2.37. The molecule has 0 atom stereocenters. The van der Waals surface area contributed by atoms with E-state index in [-0.39, 0.29) is 0 Å². The smallest absolute Gasteiger partial charge is 0.250 e. The van der Waals surface area contributed by atoms with Gasteiger partial charge in [-0.2, -0.15) is 0 Å². The molecule has 1 amide bonds. The second kappa shape index (κ2) is 4.49. The van der Waals surface area contributed by atoms with Gasteiger partial charge in [0.1, 0.15) is 0 Å². The SMILES string of the molecule is CC1(O)CCN(c2ccc(N)c(C(N)=O)c2)CC1. The van der Waals surface area contributed by atoms with Gasteiger partial charge in [-0.25, -0.2) is 0 Å². The zero-order valence-electron chi connectivity index (χ0n) is 10.5. The third-order valence-corrected chi connectivity index (χ3v) is 3.51. The lowest BCUT2D eigenvalue weighted by Crippen LogP contribution is -2.42. The van der Waals surface area contributed by atoms with E-state index in [0.29, 0.717) is 24.1 Å². The highest BCUT2D eigenvalue weighted by Crippen LogP contribution is 2.27. The number of aliphatic hydroxyl groups is 1. The summed E-state index contributed by atoms with van der Waals surface area (Å²) in [6, 6.07) is 5.29. The summed E-state index contributed by atoms with van der Waals surface area (Å²) < 4.78 is 0. The number of nitrogens with two attached hydrogens (primary N) is 2. The van der Waals surface area contributed by atoms with Crippen molar-refractivity contribution in [3.63, 3.8) is 0 Å². The van der Waals surface area contributed by atoms with Gasteiger partial charge in [-0.15, -0.1) is 0 Å². The molecule has 0 spiro atoms. The van der Waals surface area contributed by atoms with Crippen molar-refractivity contribution in [3.05, 3.63) is 23.8 Å². The van der Waals surface area contributed by atoms with E-state index in [2.05, 4.69) is 4.90 Å². The van der Waals surface area contributed by atoms with Crippen molar-refractivity contribution in [2.24, 2.45) is 5.73 Å². The molecule has 1 aliphatic heterocycles. The van der Waals surface area contributed by atoms with E-state index in [0.717, 1.165) is 18.8 Å². The van der Waals surface area contributed by atoms with E-state index in [4.69, 9.17) is 11.5 Å². The molecule has 5 heteroatoms. The van der Waals surface area contributed by atoms with Crippen molar-refractivity contribution in [2.45, 2.75) is 25.4 Å². The number of nitrogens with zero attached hydrogens (tertiary/aromatic N) is 1. The zero-order valence-corrected chi connectivity index (χ0v) is 10.5. The van der Waals surface area contributed by atoms with Gasteiger partial charge in [0, 0.05) is 24.5 Å². The van der Waals surface area contributed by atoms with Gasteiger partial charge in [0.05, 0.1) is 11.2 Å². The summed E-state index contributed by atoms with van der Waals surface area (Å²) in [5, 5.41) is 9.91. The average molecular weight is 249 g/mol. The molecule has 0 aromatic heterocycles. The predicted molar refractivity (Wildman–Crippen MR) is 71.4 cm³/mol. The highest BCUT2D eigenvalue weighted by molar-refractivity contribution is 5.99. The maximum atomic E-state index is 11.2. The van der Waals surface area contributed by atoms with E-state index in [9.17, 15) is 9.90 Å². The molecular weight excluding hydrogens is 230 g/mol. The first-order valence-corrected chi connectivity index (χ1v) is 6.06. The molecule has 2 rings (SSSR count). The molecule has 5 nitrogen and oxygen atoms in total. The Morgan fingerprint density at radius 2 is 2.00 bits per heavy atom. The maximum absolute atomic E-state index is 11.2. The second-order valence-electron chi connectivity index (χ2n) is 5.12. The van der Waals surface area contributed by atoms with Crippen LogP contribution in [0.25, 0.3) is 0 Å². The van der Waals surface area contributed by atoms with Gasteiger partial charge in [0.2, 0.25) is 0 Å². The lowest BCUT2D eigenvalue weighted by molar-refractivity contribution is 0.0351. The first-order chi connectivity index (χ1) is 8.39. The maximum Gasteiger partial charge on any atom is 0.250 e. The Balaban J connectivity index is 2.20. The molecule has 1 aromatic carbocycles. The lowest BCUT2D eigenvalue weighted by atomic mass is 9.93. The molecule has 0 aliphatic carbocycles. The van der Waals surface area contributed by atoms with Crippen LogP contribution in [0.3, 0.4) is 0 Å². The summed E-state index contributed by atoms with van der Waals surface area (Å²) >= 11 is 0. The van der Waals surface area contributed by atoms with E-state index >= 15 is 0 Å². The molecule has 18 heavy (non-hydrogen) atoms. The van der Waals surface area contributed by atoms with Gasteiger partial charge < -0.3 is 21.5 Å². The number of rotatable bonds is 2. The normalized spacial score (nSPS) is 18.7. The van der Waals surface area contributed by atoms with Crippen LogP contribution in [0.2, 0.25) is 0 Å². The molecule has 0 saturated carbocycles. The minimum Gasteiger partial charge on any atom is -0.398 e. The number of hydrogen-bond donors (Lipinski definition) is 3. The largest absolute Gasteiger partial charge is 0.398 e. The van der Waals surface area contributed by atoms with E-state index in [1.807, 2.05) is 13.0 Å². The van der Waals surface area contributed by atoms with Crippen molar-refractivity contribution in [2.75, 3.05) is 23.7 Å². The Bertz CT molecular complexity index is 461. The number of benzene rings is 1. The number of carbonyl (C=O) groups is 1. The minimum atomic E-state index is -0.586. The molecule has 1 heterocycles. The van der Waals surface area contributed by atoms with Gasteiger partial charge in [-0.05, 0) is 38.0 Å². The highest BCUT2D eigenvalue weighted by Gasteiger charge is 2.27. The molecular formula is C13H19N3O2. The van der Waals surface area contributed by atoms with Crippen LogP contribution in [0.5, 0.6) is 0 Å². The van der Waals surface area contributed by atoms with Crippen LogP contribution in [-0.4, -0.2) is 29.7 Å². The molecule has 1 aliphatic rings. The van der Waals surface area contributed by atoms with Gasteiger partial charge in [0.25, 0.3) is 5.91 Å². The quantitative estimate of drug-likeness (QED) is 0.673. The van der Waals surface area contributed by atoms with E-state index in [1.165, 1.54) is 0 Å². The number of anilines is 2. The van der Waals surface area contributed by atoms with E-state index in [1.54, 1.807) is 12.1 Å². The third kappa shape index (κ3) is 2.56.